The Hall–Kier alpha value is -5.64. The molecule has 4 saturated heterocycles. The van der Waals surface area contributed by atoms with Crippen LogP contribution < -0.4 is 31.9 Å². The van der Waals surface area contributed by atoms with Gasteiger partial charge in [-0.1, -0.05) is 91.9 Å². The van der Waals surface area contributed by atoms with Gasteiger partial charge in [-0.15, -0.1) is 0 Å². The number of carboxylic acids is 2. The van der Waals surface area contributed by atoms with E-state index in [2.05, 4.69) is 48.6 Å². The van der Waals surface area contributed by atoms with Crippen molar-refractivity contribution in [2.75, 3.05) is 171 Å². The van der Waals surface area contributed by atoms with Gasteiger partial charge in [-0.05, 0) is 51.4 Å². The van der Waals surface area contributed by atoms with Gasteiger partial charge in [0.15, 0.2) is 49.6 Å². The second-order valence-electron chi connectivity index (χ2n) is 34.5. The van der Waals surface area contributed by atoms with E-state index in [1.54, 1.807) is 0 Å². The number of nitrogens with one attached hydrogen (secondary N) is 6. The number of ether oxygens (including phenoxy) is 16. The third-order valence-corrected chi connectivity index (χ3v) is 23.8. The Kier molecular flexibility index (Phi) is 63.6. The highest BCUT2D eigenvalue weighted by Gasteiger charge is 2.57. The fourth-order valence-corrected chi connectivity index (χ4v) is 15.9. The molecule has 0 aliphatic carbocycles. The van der Waals surface area contributed by atoms with Gasteiger partial charge in [0.1, 0.15) is 48.8 Å². The van der Waals surface area contributed by atoms with E-state index in [-0.39, 0.29) is 133 Å². The summed E-state index contributed by atoms with van der Waals surface area (Å²) in [6, 6.07) is 0. The number of aliphatic hydroxyl groups is 6. The number of hydrogen-bond donors (Lipinski definition) is 18. The molecular formula is C83H150N6O48S4. The smallest absolute Gasteiger partial charge is 0.397 e. The van der Waals surface area contributed by atoms with E-state index in [9.17, 15) is 122 Å². The molecule has 4 aliphatic rings. The van der Waals surface area contributed by atoms with Crippen LogP contribution in [0.15, 0.2) is 0 Å². The minimum Gasteiger partial charge on any atom is -0.479 e. The van der Waals surface area contributed by atoms with Crippen LogP contribution in [0.25, 0.3) is 0 Å². The van der Waals surface area contributed by atoms with Crippen LogP contribution in [-0.2, 0) is 172 Å². The zero-order chi connectivity index (χ0) is 104. The zero-order valence-electron chi connectivity index (χ0n) is 80.1. The summed E-state index contributed by atoms with van der Waals surface area (Å²) in [6.45, 7) is 10.9. The van der Waals surface area contributed by atoms with Crippen LogP contribution in [0.5, 0.6) is 0 Å². The third-order valence-electron chi connectivity index (χ3n) is 22.0. The van der Waals surface area contributed by atoms with Gasteiger partial charge >= 0.3 is 53.5 Å². The van der Waals surface area contributed by atoms with Crippen LogP contribution in [0.4, 0.5) is 0 Å². The fraction of sp³-hybridized carbons (Fsp3) is 0.904. The summed E-state index contributed by atoms with van der Waals surface area (Å²) in [5.41, 5.74) is -0.339. The van der Waals surface area contributed by atoms with Crippen LogP contribution in [0.3, 0.4) is 0 Å². The summed E-state index contributed by atoms with van der Waals surface area (Å²) in [4.78, 5) is 98.6. The van der Waals surface area contributed by atoms with Gasteiger partial charge in [0.05, 0.1) is 131 Å². The van der Waals surface area contributed by atoms with Gasteiger partial charge in [0, 0.05) is 108 Å². The topological polar surface area (TPSA) is 773 Å². The number of aliphatic carboxylic acids is 2. The zero-order valence-corrected chi connectivity index (χ0v) is 83.4. The van der Waals surface area contributed by atoms with Gasteiger partial charge in [0.2, 0.25) is 35.4 Å². The number of unbranched alkanes of at least 4 members (excludes halogenated alkanes) is 14. The Morgan fingerprint density at radius 3 is 0.865 bits per heavy atom. The van der Waals surface area contributed by atoms with E-state index in [0.717, 1.165) is 64.2 Å². The van der Waals surface area contributed by atoms with Crippen LogP contribution in [0, 0.1) is 17.3 Å². The quantitative estimate of drug-likeness (QED) is 0.0222. The highest BCUT2D eigenvalue weighted by Crippen LogP contribution is 2.37. The van der Waals surface area contributed by atoms with E-state index in [0.29, 0.717) is 156 Å². The molecule has 0 aromatic rings. The molecule has 4 rings (SSSR count). The maximum atomic E-state index is 12.4. The van der Waals surface area contributed by atoms with Gasteiger partial charge < -0.3 is 149 Å². The van der Waals surface area contributed by atoms with Crippen LogP contribution in [-0.4, -0.2) is 422 Å². The molecule has 0 saturated carbocycles. The fourth-order valence-electron chi connectivity index (χ4n) is 14.3. The van der Waals surface area contributed by atoms with Crippen LogP contribution >= 0.6 is 0 Å². The number of amides is 6. The minimum absolute atomic E-state index is 0.0684. The Balaban J connectivity index is 0.838. The number of carbonyl (C=O) groups excluding carboxylic acids is 6. The summed E-state index contributed by atoms with van der Waals surface area (Å²) >= 11 is 0. The predicted octanol–water partition coefficient (Wildman–Crippen LogP) is -2.47. The Morgan fingerprint density at radius 1 is 0.291 bits per heavy atom. The third kappa shape index (κ3) is 57.5. The molecule has 0 bridgehead atoms. The first-order chi connectivity index (χ1) is 66.8. The molecule has 0 spiro atoms. The van der Waals surface area contributed by atoms with Crippen molar-refractivity contribution in [2.24, 2.45) is 17.3 Å². The van der Waals surface area contributed by atoms with E-state index < -0.39 is 189 Å². The Morgan fingerprint density at radius 2 is 0.560 bits per heavy atom. The van der Waals surface area contributed by atoms with E-state index in [4.69, 9.17) is 84.9 Å². The standard InChI is InChI=1S/C83H150N6O48S4/c1-55-65(96)67(98)57(51-128-138(106,107)108)130-79(55)132-71-69(100)73(136-140(112,113)114)81(134-75(71)77(102)103)126-35-21-13-11-19-31-84-61(92)25-37-118-43-47-122-49-45-120-41-33-88-59(90)23-15-7-5-9-17-29-86-63(94)27-39-124-53-83(3,4)54-125-40-28-64(95)87-30-18-10-6-8-16-24-60(91)89-34-42-121-46-50-123-48-44-119-38-26-62(93)85-32-20-12-14-22-36-127-82-74(137-141(115,116)117)70(101)72(76(135-82)78(104)105)133-80-56(2)66(97)68(99)58(131-80)52-129-139(109,110)111/h55-58,65-76,79-82,96-101H,5-54H2,1-4H3,(H,84,92)(H,85,93)(H,86,94)(H,87,95)(H,88,90)(H,89,91)(H,102,103)(H,104,105)(H,106,107,108)(H,109,110,111)(H,112,113,114)(H,115,116,117). The van der Waals surface area contributed by atoms with Crippen molar-refractivity contribution in [2.45, 2.75) is 292 Å². The van der Waals surface area contributed by atoms with Crippen molar-refractivity contribution in [1.82, 2.24) is 31.9 Å². The van der Waals surface area contributed by atoms with Gasteiger partial charge in [-0.3, -0.25) is 47.0 Å². The Labute approximate surface area is 821 Å². The average molecular weight is 2130 g/mol. The number of rotatable bonds is 82. The molecule has 824 valence electrons. The molecule has 4 aliphatic heterocycles. The molecule has 4 heterocycles. The molecule has 18 N–H and O–H groups in total. The molecular weight excluding hydrogens is 1980 g/mol. The normalized spacial score (nSPS) is 25.2. The number of aliphatic hydroxyl groups excluding tert-OH is 6. The van der Waals surface area contributed by atoms with Gasteiger partial charge in [0.25, 0.3) is 0 Å². The van der Waals surface area contributed by atoms with Gasteiger partial charge in [-0.2, -0.15) is 33.7 Å². The maximum absolute atomic E-state index is 12.4. The molecule has 0 aromatic heterocycles. The first-order valence-corrected chi connectivity index (χ1v) is 52.7. The number of hydrogen-bond acceptors (Lipinski definition) is 42. The summed E-state index contributed by atoms with van der Waals surface area (Å²) in [7, 11) is -20.8. The lowest BCUT2D eigenvalue weighted by atomic mass is 9.92. The maximum Gasteiger partial charge on any atom is 0.397 e. The van der Waals surface area contributed by atoms with E-state index in [1.807, 2.05) is 13.8 Å². The highest BCUT2D eigenvalue weighted by molar-refractivity contribution is 7.81. The monoisotopic (exact) mass is 2130 g/mol. The minimum atomic E-state index is -5.34. The molecule has 0 aromatic carbocycles. The lowest BCUT2D eigenvalue weighted by molar-refractivity contribution is -0.343. The Bertz CT molecular complexity index is 3780. The number of carboxylic acid groups (broad SMARTS) is 2. The largest absolute Gasteiger partial charge is 0.479 e. The first-order valence-electron chi connectivity index (χ1n) is 47.2. The lowest BCUT2D eigenvalue weighted by Crippen LogP contribution is -2.64. The molecule has 20 unspecified atom stereocenters. The van der Waals surface area contributed by atoms with Gasteiger partial charge in [-0.25, -0.2) is 26.3 Å². The first kappa shape index (κ1) is 128. The molecule has 4 fully saturated rings. The molecule has 141 heavy (non-hydrogen) atoms. The van der Waals surface area contributed by atoms with Crippen LogP contribution in [0.1, 0.15) is 182 Å². The van der Waals surface area contributed by atoms with E-state index in [1.165, 1.54) is 13.8 Å². The SMILES string of the molecule is CC1C(OC2C(C(=O)O)OC(OCCCCCCNC(=O)CCOCCOCCOCCNC(=O)CCCCCCCNC(=O)CCOCC(C)(C)COCCC(=O)NCCCCCCCC(=O)NCCOCCOCCOCCC(=O)NCCCCCCOC3OC(C(=O)O)C(OC4OC(COS(=O)(=O)O)C(O)C(O)C4C)C(O)C3OS(=O)(=O)O)C(OS(=O)(=O)O)C2O)OC(COS(=O)(=O)O)C(O)C1O. The molecule has 54 nitrogen and oxygen atoms in total. The van der Waals surface area contributed by atoms with Crippen molar-refractivity contribution in [1.29, 1.82) is 0 Å². The second kappa shape index (κ2) is 70.3. The summed E-state index contributed by atoms with van der Waals surface area (Å²) in [5.74, 6) is -6.71. The van der Waals surface area contributed by atoms with Crippen molar-refractivity contribution in [3.8, 4) is 0 Å². The summed E-state index contributed by atoms with van der Waals surface area (Å²) in [6.07, 6.45) is -20.8. The highest BCUT2D eigenvalue weighted by atomic mass is 32.3. The number of carbonyl (C=O) groups is 8. The van der Waals surface area contributed by atoms with Crippen molar-refractivity contribution >= 4 is 89.0 Å². The predicted molar refractivity (Wildman–Crippen MR) is 483 cm³/mol. The average Bonchev–Trinajstić information content (AvgIpc) is 0.775. The molecule has 0 radical (unpaired) electrons. The molecule has 20 atom stereocenters. The summed E-state index contributed by atoms with van der Waals surface area (Å²) < 4.78 is 235. The molecule has 58 heteroatoms. The van der Waals surface area contributed by atoms with Crippen molar-refractivity contribution < 1.29 is 224 Å². The van der Waals surface area contributed by atoms with E-state index >= 15 is 0 Å². The van der Waals surface area contributed by atoms with Crippen molar-refractivity contribution in [3.05, 3.63) is 0 Å². The van der Waals surface area contributed by atoms with Crippen molar-refractivity contribution in [3.63, 3.8) is 0 Å². The second-order valence-corrected chi connectivity index (χ2v) is 38.8. The molecule has 6 amide bonds. The summed E-state index contributed by atoms with van der Waals surface area (Å²) in [5, 5.41) is 101. The lowest BCUT2D eigenvalue weighted by Gasteiger charge is -2.46. The van der Waals surface area contributed by atoms with Crippen LogP contribution in [0.2, 0.25) is 0 Å².